The molecule has 2 atom stereocenters. The van der Waals surface area contributed by atoms with Crippen LogP contribution in [-0.2, 0) is 16.2 Å². The summed E-state index contributed by atoms with van der Waals surface area (Å²) in [6.07, 6.45) is -2.87. The Morgan fingerprint density at radius 3 is 2.48 bits per heavy atom. The minimum absolute atomic E-state index is 0.449. The van der Waals surface area contributed by atoms with Crippen molar-refractivity contribution in [3.05, 3.63) is 29.8 Å². The predicted octanol–water partition coefficient (Wildman–Crippen LogP) is 2.29. The molecule has 1 aliphatic rings. The third-order valence-corrected chi connectivity index (χ3v) is 5.00. The van der Waals surface area contributed by atoms with Crippen molar-refractivity contribution in [3.63, 3.8) is 0 Å². The van der Waals surface area contributed by atoms with Gasteiger partial charge in [0.15, 0.2) is 0 Å². The molecule has 0 heterocycles. The van der Waals surface area contributed by atoms with E-state index in [2.05, 4.69) is 4.72 Å². The number of nitrogens with one attached hydrogen (secondary N) is 1. The highest BCUT2D eigenvalue weighted by molar-refractivity contribution is 7.89. The van der Waals surface area contributed by atoms with Crippen molar-refractivity contribution in [1.82, 2.24) is 4.72 Å². The first-order chi connectivity index (χ1) is 9.70. The number of sulfonamides is 1. The molecular formula is C13H16F3NO3S. The molecule has 1 aromatic rings. The number of halogens is 3. The Hall–Kier alpha value is -1.12. The summed E-state index contributed by atoms with van der Waals surface area (Å²) in [6.45, 7) is 0. The van der Waals surface area contributed by atoms with Crippen LogP contribution < -0.4 is 4.72 Å². The molecule has 0 amide bonds. The molecule has 1 saturated carbocycles. The first-order valence-corrected chi connectivity index (χ1v) is 8.06. The topological polar surface area (TPSA) is 66.4 Å². The molecule has 0 aliphatic heterocycles. The Morgan fingerprint density at radius 2 is 1.86 bits per heavy atom. The molecular weight excluding hydrogens is 307 g/mol. The maximum Gasteiger partial charge on any atom is 0.416 e. The monoisotopic (exact) mass is 323 g/mol. The second kappa shape index (κ2) is 5.94. The van der Waals surface area contributed by atoms with Gasteiger partial charge in [0.1, 0.15) is 0 Å². The standard InChI is InChI=1S/C13H16F3NO3S/c14-13(15,16)9-4-3-5-10(8-9)21(19,20)17-11-6-1-2-7-12(11)18/h3-5,8,11-12,17-18H,1-2,6-7H2/t11-,12-/m1/s1. The molecule has 0 radical (unpaired) electrons. The van der Waals surface area contributed by atoms with E-state index >= 15 is 0 Å². The first-order valence-electron chi connectivity index (χ1n) is 6.58. The molecule has 1 aromatic carbocycles. The van der Waals surface area contributed by atoms with Crippen molar-refractivity contribution in [2.45, 2.75) is 48.9 Å². The molecule has 2 N–H and O–H groups in total. The number of benzene rings is 1. The number of rotatable bonds is 3. The van der Waals surface area contributed by atoms with E-state index in [0.717, 1.165) is 31.0 Å². The molecule has 4 nitrogen and oxygen atoms in total. The van der Waals surface area contributed by atoms with Crippen LogP contribution in [0.5, 0.6) is 0 Å². The number of hydrogen-bond acceptors (Lipinski definition) is 3. The molecule has 0 aromatic heterocycles. The molecule has 118 valence electrons. The van der Waals surface area contributed by atoms with E-state index in [1.807, 2.05) is 0 Å². The van der Waals surface area contributed by atoms with E-state index in [4.69, 9.17) is 0 Å². The molecule has 8 heteroatoms. The van der Waals surface area contributed by atoms with Gasteiger partial charge in [0, 0.05) is 6.04 Å². The second-order valence-corrected chi connectivity index (χ2v) is 6.82. The van der Waals surface area contributed by atoms with Crippen molar-refractivity contribution in [2.75, 3.05) is 0 Å². The van der Waals surface area contributed by atoms with Crippen LogP contribution in [0.4, 0.5) is 13.2 Å². The van der Waals surface area contributed by atoms with Crippen LogP contribution in [0, 0.1) is 0 Å². The van der Waals surface area contributed by atoms with E-state index in [1.54, 1.807) is 0 Å². The van der Waals surface area contributed by atoms with Crippen molar-refractivity contribution >= 4 is 10.0 Å². The van der Waals surface area contributed by atoms with Crippen molar-refractivity contribution in [2.24, 2.45) is 0 Å². The zero-order valence-corrected chi connectivity index (χ0v) is 11.9. The zero-order chi connectivity index (χ0) is 15.7. The van der Waals surface area contributed by atoms with Gasteiger partial charge in [-0.3, -0.25) is 0 Å². The Bertz CT molecular complexity index is 601. The lowest BCUT2D eigenvalue weighted by Gasteiger charge is -2.28. The summed E-state index contributed by atoms with van der Waals surface area (Å²) in [5, 5.41) is 9.76. The van der Waals surface area contributed by atoms with Gasteiger partial charge >= 0.3 is 6.18 Å². The Morgan fingerprint density at radius 1 is 1.19 bits per heavy atom. The van der Waals surface area contributed by atoms with Crippen molar-refractivity contribution in [1.29, 1.82) is 0 Å². The van der Waals surface area contributed by atoms with Crippen LogP contribution in [0.25, 0.3) is 0 Å². The second-order valence-electron chi connectivity index (χ2n) is 5.11. The maximum absolute atomic E-state index is 12.6. The van der Waals surface area contributed by atoms with E-state index < -0.39 is 38.8 Å². The highest BCUT2D eigenvalue weighted by Crippen LogP contribution is 2.30. The zero-order valence-electron chi connectivity index (χ0n) is 11.1. The summed E-state index contributed by atoms with van der Waals surface area (Å²) < 4.78 is 64.4. The lowest BCUT2D eigenvalue weighted by atomic mass is 9.93. The summed E-state index contributed by atoms with van der Waals surface area (Å²) >= 11 is 0. The molecule has 1 fully saturated rings. The van der Waals surface area contributed by atoms with Crippen LogP contribution in [0.3, 0.4) is 0 Å². The minimum atomic E-state index is -4.60. The highest BCUT2D eigenvalue weighted by atomic mass is 32.2. The molecule has 21 heavy (non-hydrogen) atoms. The summed E-state index contributed by atoms with van der Waals surface area (Å²) in [7, 11) is -4.09. The lowest BCUT2D eigenvalue weighted by molar-refractivity contribution is -0.137. The molecule has 0 unspecified atom stereocenters. The summed E-state index contributed by atoms with van der Waals surface area (Å²) in [6, 6.07) is 2.91. The molecule has 0 spiro atoms. The fraction of sp³-hybridized carbons (Fsp3) is 0.538. The number of alkyl halides is 3. The van der Waals surface area contributed by atoms with Gasteiger partial charge in [-0.25, -0.2) is 13.1 Å². The van der Waals surface area contributed by atoms with Gasteiger partial charge in [-0.15, -0.1) is 0 Å². The lowest BCUT2D eigenvalue weighted by Crippen LogP contribution is -2.44. The van der Waals surface area contributed by atoms with Gasteiger partial charge in [0.25, 0.3) is 0 Å². The van der Waals surface area contributed by atoms with E-state index in [9.17, 15) is 26.7 Å². The fourth-order valence-corrected chi connectivity index (χ4v) is 3.71. The number of hydrogen-bond donors (Lipinski definition) is 2. The third kappa shape index (κ3) is 3.96. The number of aliphatic hydroxyl groups excluding tert-OH is 1. The van der Waals surface area contributed by atoms with Crippen LogP contribution in [0.15, 0.2) is 29.2 Å². The highest BCUT2D eigenvalue weighted by Gasteiger charge is 2.33. The van der Waals surface area contributed by atoms with Gasteiger partial charge in [0.05, 0.1) is 16.6 Å². The van der Waals surface area contributed by atoms with Gasteiger partial charge in [0.2, 0.25) is 10.0 Å². The molecule has 0 bridgehead atoms. The summed E-state index contributed by atoms with van der Waals surface area (Å²) in [5.41, 5.74) is -1.02. The van der Waals surface area contributed by atoms with Gasteiger partial charge < -0.3 is 5.11 Å². The van der Waals surface area contributed by atoms with Gasteiger partial charge in [-0.1, -0.05) is 18.9 Å². The van der Waals surface area contributed by atoms with Crippen molar-refractivity contribution in [3.8, 4) is 0 Å². The summed E-state index contributed by atoms with van der Waals surface area (Å²) in [4.78, 5) is -0.449. The van der Waals surface area contributed by atoms with Crippen LogP contribution in [0.2, 0.25) is 0 Å². The Labute approximate surface area is 121 Å². The van der Waals surface area contributed by atoms with Gasteiger partial charge in [-0.05, 0) is 31.0 Å². The number of aliphatic hydroxyl groups is 1. The Balaban J connectivity index is 2.23. The first kappa shape index (κ1) is 16.3. The van der Waals surface area contributed by atoms with E-state index in [0.29, 0.717) is 18.9 Å². The van der Waals surface area contributed by atoms with E-state index in [-0.39, 0.29) is 0 Å². The minimum Gasteiger partial charge on any atom is -0.391 e. The quantitative estimate of drug-likeness (QED) is 0.897. The third-order valence-electron chi connectivity index (χ3n) is 3.51. The van der Waals surface area contributed by atoms with Crippen molar-refractivity contribution < 1.29 is 26.7 Å². The largest absolute Gasteiger partial charge is 0.416 e. The van der Waals surface area contributed by atoms with Crippen LogP contribution in [-0.4, -0.2) is 25.7 Å². The van der Waals surface area contributed by atoms with Crippen LogP contribution in [0.1, 0.15) is 31.2 Å². The molecule has 0 saturated heterocycles. The average Bonchev–Trinajstić information content (AvgIpc) is 2.40. The van der Waals surface area contributed by atoms with Crippen LogP contribution >= 0.6 is 0 Å². The predicted molar refractivity (Wildman–Crippen MR) is 70.0 cm³/mol. The smallest absolute Gasteiger partial charge is 0.391 e. The molecule has 1 aliphatic carbocycles. The Kier molecular flexibility index (Phi) is 4.60. The molecule has 2 rings (SSSR count). The van der Waals surface area contributed by atoms with E-state index in [1.165, 1.54) is 0 Å². The summed E-state index contributed by atoms with van der Waals surface area (Å²) in [5.74, 6) is 0. The van der Waals surface area contributed by atoms with Gasteiger partial charge in [-0.2, -0.15) is 13.2 Å². The average molecular weight is 323 g/mol. The SMILES string of the molecule is O=S(=O)(N[C@@H]1CCCC[C@H]1O)c1cccc(C(F)(F)F)c1. The maximum atomic E-state index is 12.6. The normalized spacial score (nSPS) is 24.0. The fourth-order valence-electron chi connectivity index (χ4n) is 2.36.